The maximum absolute atomic E-state index is 13.2. The highest BCUT2D eigenvalue weighted by atomic mass is 35.5. The van der Waals surface area contributed by atoms with Crippen molar-refractivity contribution in [2.75, 3.05) is 11.4 Å². The van der Waals surface area contributed by atoms with E-state index in [0.717, 1.165) is 29.7 Å². The maximum Gasteiger partial charge on any atom is 0.258 e. The summed E-state index contributed by atoms with van der Waals surface area (Å²) in [6.45, 7) is 0.923. The number of halogens is 2. The van der Waals surface area contributed by atoms with Gasteiger partial charge in [-0.15, -0.1) is 0 Å². The van der Waals surface area contributed by atoms with E-state index in [0.29, 0.717) is 29.2 Å². The fraction of sp³-hybridized carbons (Fsp3) is 0.167. The lowest BCUT2D eigenvalue weighted by molar-refractivity contribution is 0.0950. The maximum atomic E-state index is 13.2. The van der Waals surface area contributed by atoms with E-state index < -0.39 is 0 Å². The molecule has 152 valence electrons. The minimum atomic E-state index is -0.377. The Kier molecular flexibility index (Phi) is 5.81. The Balaban J connectivity index is 1.51. The third-order valence-corrected chi connectivity index (χ3v) is 5.56. The first-order chi connectivity index (χ1) is 14.5. The summed E-state index contributed by atoms with van der Waals surface area (Å²) in [5.41, 5.74) is 3.56. The number of benzene rings is 3. The summed E-state index contributed by atoms with van der Waals surface area (Å²) in [7, 11) is 0. The number of nitrogens with zero attached hydrogens (tertiary/aromatic N) is 1. The topological polar surface area (TPSA) is 49.4 Å². The Morgan fingerprint density at radius 3 is 2.50 bits per heavy atom. The van der Waals surface area contributed by atoms with Crippen molar-refractivity contribution in [2.24, 2.45) is 0 Å². The van der Waals surface area contributed by atoms with Crippen LogP contribution in [0.4, 0.5) is 10.1 Å². The average molecular weight is 423 g/mol. The van der Waals surface area contributed by atoms with Gasteiger partial charge >= 0.3 is 0 Å². The van der Waals surface area contributed by atoms with E-state index in [-0.39, 0.29) is 17.6 Å². The summed E-state index contributed by atoms with van der Waals surface area (Å²) >= 11 is 6.14. The van der Waals surface area contributed by atoms with E-state index in [9.17, 15) is 14.0 Å². The molecule has 0 spiro atoms. The van der Waals surface area contributed by atoms with Gasteiger partial charge in [0.1, 0.15) is 5.82 Å². The zero-order valence-electron chi connectivity index (χ0n) is 16.2. The fourth-order valence-corrected chi connectivity index (χ4v) is 3.82. The van der Waals surface area contributed by atoms with Crippen molar-refractivity contribution in [2.45, 2.75) is 19.4 Å². The van der Waals surface area contributed by atoms with E-state index in [4.69, 9.17) is 11.6 Å². The Hall–Kier alpha value is -3.18. The number of rotatable bonds is 4. The smallest absolute Gasteiger partial charge is 0.258 e. The largest absolute Gasteiger partial charge is 0.348 e. The standard InChI is InChI=1S/C24H20ClFN2O2/c25-21-6-2-1-4-19(21)15-27-23(29)18-9-12-22-17(14-18)5-3-13-28(22)24(30)16-7-10-20(26)11-8-16/h1-2,4,6-12,14H,3,5,13,15H2,(H,27,29). The number of nitrogens with one attached hydrogen (secondary N) is 1. The Bertz CT molecular complexity index is 1100. The molecule has 0 unspecified atom stereocenters. The third-order valence-electron chi connectivity index (χ3n) is 5.19. The summed E-state index contributed by atoms with van der Waals surface area (Å²) in [6, 6.07) is 18.3. The second-order valence-corrected chi connectivity index (χ2v) is 7.59. The number of amides is 2. The zero-order valence-corrected chi connectivity index (χ0v) is 17.0. The molecule has 6 heteroatoms. The van der Waals surface area contributed by atoms with E-state index >= 15 is 0 Å². The third kappa shape index (κ3) is 4.21. The minimum Gasteiger partial charge on any atom is -0.348 e. The lowest BCUT2D eigenvalue weighted by Gasteiger charge is -2.30. The van der Waals surface area contributed by atoms with Crippen molar-refractivity contribution in [3.63, 3.8) is 0 Å². The summed E-state index contributed by atoms with van der Waals surface area (Å²) in [5.74, 6) is -0.746. The zero-order chi connectivity index (χ0) is 21.1. The molecule has 4 rings (SSSR count). The number of hydrogen-bond donors (Lipinski definition) is 1. The van der Waals surface area contributed by atoms with Crippen molar-refractivity contribution >= 4 is 29.1 Å². The summed E-state index contributed by atoms with van der Waals surface area (Å²) in [4.78, 5) is 27.2. The van der Waals surface area contributed by atoms with Crippen LogP contribution in [0.25, 0.3) is 0 Å². The molecule has 0 fully saturated rings. The molecule has 30 heavy (non-hydrogen) atoms. The molecule has 3 aromatic carbocycles. The highest BCUT2D eigenvalue weighted by molar-refractivity contribution is 6.31. The monoisotopic (exact) mass is 422 g/mol. The van der Waals surface area contributed by atoms with Gasteiger partial charge in [0.2, 0.25) is 0 Å². The van der Waals surface area contributed by atoms with Gasteiger partial charge in [0.25, 0.3) is 11.8 Å². The van der Waals surface area contributed by atoms with Crippen LogP contribution >= 0.6 is 11.6 Å². The van der Waals surface area contributed by atoms with Crippen LogP contribution in [0.5, 0.6) is 0 Å². The molecule has 1 aliphatic heterocycles. The van der Waals surface area contributed by atoms with Crippen LogP contribution in [0.2, 0.25) is 5.02 Å². The lowest BCUT2D eigenvalue weighted by Crippen LogP contribution is -2.35. The predicted octanol–water partition coefficient (Wildman–Crippen LogP) is 5.00. The normalized spacial score (nSPS) is 12.9. The average Bonchev–Trinajstić information content (AvgIpc) is 2.77. The van der Waals surface area contributed by atoms with Gasteiger partial charge in [-0.05, 0) is 72.5 Å². The summed E-state index contributed by atoms with van der Waals surface area (Å²) in [6.07, 6.45) is 1.58. The molecular weight excluding hydrogens is 403 g/mol. The van der Waals surface area contributed by atoms with Crippen LogP contribution in [0.1, 0.15) is 38.3 Å². The van der Waals surface area contributed by atoms with E-state index in [2.05, 4.69) is 5.32 Å². The highest BCUT2D eigenvalue weighted by Crippen LogP contribution is 2.29. The first kappa shape index (κ1) is 20.1. The molecule has 1 aliphatic rings. The quantitative estimate of drug-likeness (QED) is 0.643. The van der Waals surface area contributed by atoms with Crippen molar-refractivity contribution in [1.29, 1.82) is 0 Å². The highest BCUT2D eigenvalue weighted by Gasteiger charge is 2.24. The Morgan fingerprint density at radius 2 is 1.73 bits per heavy atom. The molecule has 0 saturated carbocycles. The molecule has 2 amide bonds. The van der Waals surface area contributed by atoms with Gasteiger partial charge in [-0.2, -0.15) is 0 Å². The van der Waals surface area contributed by atoms with E-state index in [1.807, 2.05) is 24.3 Å². The van der Waals surface area contributed by atoms with Crippen LogP contribution < -0.4 is 10.2 Å². The number of fused-ring (bicyclic) bond motifs is 1. The second kappa shape index (κ2) is 8.67. The number of carbonyl (C=O) groups is 2. The molecule has 1 N–H and O–H groups in total. The lowest BCUT2D eigenvalue weighted by atomic mass is 9.98. The number of carbonyl (C=O) groups excluding carboxylic acids is 2. The van der Waals surface area contributed by atoms with Gasteiger partial charge in [-0.25, -0.2) is 4.39 Å². The van der Waals surface area contributed by atoms with Gasteiger partial charge in [0.15, 0.2) is 0 Å². The van der Waals surface area contributed by atoms with Gasteiger partial charge in [-0.1, -0.05) is 29.8 Å². The predicted molar refractivity (Wildman–Crippen MR) is 115 cm³/mol. The van der Waals surface area contributed by atoms with Crippen LogP contribution in [0, 0.1) is 5.82 Å². The summed E-state index contributed by atoms with van der Waals surface area (Å²) < 4.78 is 13.2. The molecule has 0 saturated heterocycles. The molecule has 3 aromatic rings. The second-order valence-electron chi connectivity index (χ2n) is 7.18. The number of aryl methyl sites for hydroxylation is 1. The number of anilines is 1. The van der Waals surface area contributed by atoms with Crippen LogP contribution in [-0.2, 0) is 13.0 Å². The van der Waals surface area contributed by atoms with Crippen molar-refractivity contribution < 1.29 is 14.0 Å². The van der Waals surface area contributed by atoms with E-state index in [1.54, 1.807) is 23.1 Å². The molecule has 4 nitrogen and oxygen atoms in total. The van der Waals surface area contributed by atoms with Crippen molar-refractivity contribution in [3.8, 4) is 0 Å². The Labute approximate surface area is 179 Å². The molecular formula is C24H20ClFN2O2. The van der Waals surface area contributed by atoms with Crippen molar-refractivity contribution in [1.82, 2.24) is 5.32 Å². The first-order valence-corrected chi connectivity index (χ1v) is 10.1. The fourth-order valence-electron chi connectivity index (χ4n) is 3.62. The van der Waals surface area contributed by atoms with Crippen molar-refractivity contribution in [3.05, 3.63) is 99.8 Å². The van der Waals surface area contributed by atoms with Crippen LogP contribution in [0.3, 0.4) is 0 Å². The van der Waals surface area contributed by atoms with Gasteiger partial charge in [-0.3, -0.25) is 9.59 Å². The molecule has 0 radical (unpaired) electrons. The minimum absolute atomic E-state index is 0.174. The first-order valence-electron chi connectivity index (χ1n) is 9.75. The SMILES string of the molecule is O=C(NCc1ccccc1Cl)c1ccc2c(c1)CCCN2C(=O)c1ccc(F)cc1. The molecule has 0 atom stereocenters. The number of hydrogen-bond acceptors (Lipinski definition) is 2. The van der Waals surface area contributed by atoms with E-state index in [1.165, 1.54) is 24.3 Å². The Morgan fingerprint density at radius 1 is 1.00 bits per heavy atom. The molecule has 1 heterocycles. The van der Waals surface area contributed by atoms with Crippen LogP contribution in [0.15, 0.2) is 66.7 Å². The molecule has 0 aromatic heterocycles. The van der Waals surface area contributed by atoms with Crippen LogP contribution in [-0.4, -0.2) is 18.4 Å². The summed E-state index contributed by atoms with van der Waals surface area (Å²) in [5, 5.41) is 3.50. The molecule has 0 aliphatic carbocycles. The van der Waals surface area contributed by atoms with Gasteiger partial charge in [0.05, 0.1) is 0 Å². The molecule has 0 bridgehead atoms. The van der Waals surface area contributed by atoms with Gasteiger partial charge in [0, 0.05) is 34.9 Å². The van der Waals surface area contributed by atoms with Gasteiger partial charge < -0.3 is 10.2 Å².